The molecule has 0 amide bonds. The van der Waals surface area contributed by atoms with Crippen LogP contribution >= 0.6 is 24.0 Å². The van der Waals surface area contributed by atoms with E-state index in [1.807, 2.05) is 55.2 Å². The highest BCUT2D eigenvalue weighted by Gasteiger charge is 2.15. The summed E-state index contributed by atoms with van der Waals surface area (Å²) in [6, 6.07) is 11.1. The topological polar surface area (TPSA) is 49.3 Å². The van der Waals surface area contributed by atoms with Crippen LogP contribution in [0.15, 0.2) is 41.4 Å². The molecule has 1 aliphatic heterocycles. The minimum atomic E-state index is -0.179. The third-order valence-electron chi connectivity index (χ3n) is 4.48. The zero-order valence-electron chi connectivity index (χ0n) is 17.2. The quantitative estimate of drug-likeness (QED) is 0.364. The van der Waals surface area contributed by atoms with Crippen LogP contribution < -0.4 is 14.8 Å². The lowest BCUT2D eigenvalue weighted by atomic mass is 10.1. The third kappa shape index (κ3) is 6.20. The molecule has 0 fully saturated rings. The molecule has 0 aliphatic carbocycles. The SMILES string of the molecule is CN=C(NCc1ccc(F)c(CN(C)C)c1)N(C)Cc1ccc2c(c1)OCO2.I. The van der Waals surface area contributed by atoms with Gasteiger partial charge >= 0.3 is 0 Å². The van der Waals surface area contributed by atoms with Crippen LogP contribution in [-0.2, 0) is 19.6 Å². The largest absolute Gasteiger partial charge is 0.454 e. The van der Waals surface area contributed by atoms with Crippen molar-refractivity contribution in [3.05, 3.63) is 58.9 Å². The summed E-state index contributed by atoms with van der Waals surface area (Å²) < 4.78 is 24.8. The van der Waals surface area contributed by atoms with Crippen molar-refractivity contribution in [3.63, 3.8) is 0 Å². The van der Waals surface area contributed by atoms with Crippen molar-refractivity contribution in [1.82, 2.24) is 15.1 Å². The lowest BCUT2D eigenvalue weighted by Gasteiger charge is -2.22. The van der Waals surface area contributed by atoms with Gasteiger partial charge in [0.15, 0.2) is 17.5 Å². The molecule has 3 rings (SSSR count). The van der Waals surface area contributed by atoms with Gasteiger partial charge in [-0.3, -0.25) is 4.99 Å². The van der Waals surface area contributed by atoms with Crippen LogP contribution in [0.1, 0.15) is 16.7 Å². The van der Waals surface area contributed by atoms with E-state index in [1.54, 1.807) is 13.1 Å². The second-order valence-corrected chi connectivity index (χ2v) is 7.11. The number of aliphatic imine (C=N–C) groups is 1. The Balaban J connectivity index is 0.00000300. The van der Waals surface area contributed by atoms with Crippen molar-refractivity contribution in [2.24, 2.45) is 4.99 Å². The maximum Gasteiger partial charge on any atom is 0.231 e. The first-order chi connectivity index (χ1) is 13.5. The summed E-state index contributed by atoms with van der Waals surface area (Å²) in [5.74, 6) is 2.13. The molecule has 2 aromatic rings. The predicted molar refractivity (Wildman–Crippen MR) is 123 cm³/mol. The molecule has 158 valence electrons. The molecule has 0 atom stereocenters. The standard InChI is InChI=1S/C21H27FN4O2.HI/c1-23-21(24-11-15-5-7-18(22)17(9-15)13-25(2)3)26(4)12-16-6-8-19-20(10-16)28-14-27-19;/h5-10H,11-14H2,1-4H3,(H,23,24);1H. The molecule has 0 bridgehead atoms. The summed E-state index contributed by atoms with van der Waals surface area (Å²) in [4.78, 5) is 8.33. The highest BCUT2D eigenvalue weighted by Crippen LogP contribution is 2.32. The molecular formula is C21H28FIN4O2. The number of hydrogen-bond acceptors (Lipinski definition) is 4. The average molecular weight is 514 g/mol. The van der Waals surface area contributed by atoms with E-state index in [1.165, 1.54) is 6.07 Å². The molecule has 1 aliphatic rings. The van der Waals surface area contributed by atoms with Crippen molar-refractivity contribution in [3.8, 4) is 11.5 Å². The van der Waals surface area contributed by atoms with E-state index in [9.17, 15) is 4.39 Å². The summed E-state index contributed by atoms with van der Waals surface area (Å²) in [7, 11) is 7.58. The van der Waals surface area contributed by atoms with Gasteiger partial charge in [0.05, 0.1) is 0 Å². The van der Waals surface area contributed by atoms with E-state index in [0.29, 0.717) is 25.2 Å². The number of hydrogen-bond donors (Lipinski definition) is 1. The number of halogens is 2. The highest BCUT2D eigenvalue weighted by molar-refractivity contribution is 14.0. The number of benzene rings is 2. The molecule has 0 saturated carbocycles. The first kappa shape index (κ1) is 23.2. The zero-order valence-corrected chi connectivity index (χ0v) is 19.6. The zero-order chi connectivity index (χ0) is 20.1. The van der Waals surface area contributed by atoms with Gasteiger partial charge in [0.2, 0.25) is 6.79 Å². The molecule has 0 saturated heterocycles. The van der Waals surface area contributed by atoms with Gasteiger partial charge < -0.3 is 24.6 Å². The Morgan fingerprint density at radius 1 is 1.03 bits per heavy atom. The van der Waals surface area contributed by atoms with Gasteiger partial charge in [-0.1, -0.05) is 12.1 Å². The van der Waals surface area contributed by atoms with Gasteiger partial charge in [-0.25, -0.2) is 4.39 Å². The predicted octanol–water partition coefficient (Wildman–Crippen LogP) is 3.44. The molecule has 0 aromatic heterocycles. The van der Waals surface area contributed by atoms with Crippen LogP contribution in [-0.4, -0.2) is 50.7 Å². The van der Waals surface area contributed by atoms with E-state index in [2.05, 4.69) is 10.3 Å². The smallest absolute Gasteiger partial charge is 0.231 e. The molecule has 8 heteroatoms. The second-order valence-electron chi connectivity index (χ2n) is 7.11. The monoisotopic (exact) mass is 514 g/mol. The number of nitrogens with one attached hydrogen (secondary N) is 1. The molecular weight excluding hydrogens is 486 g/mol. The minimum Gasteiger partial charge on any atom is -0.454 e. The van der Waals surface area contributed by atoms with E-state index in [-0.39, 0.29) is 36.6 Å². The van der Waals surface area contributed by atoms with E-state index < -0.39 is 0 Å². The van der Waals surface area contributed by atoms with Crippen molar-refractivity contribution in [2.45, 2.75) is 19.6 Å². The molecule has 2 aromatic carbocycles. The van der Waals surface area contributed by atoms with Gasteiger partial charge in [-0.2, -0.15) is 0 Å². The highest BCUT2D eigenvalue weighted by atomic mass is 127. The van der Waals surface area contributed by atoms with E-state index >= 15 is 0 Å². The molecule has 1 heterocycles. The Bertz CT molecular complexity index is 861. The summed E-state index contributed by atoms with van der Waals surface area (Å²) in [5, 5.41) is 3.34. The maximum atomic E-state index is 14.0. The molecule has 0 radical (unpaired) electrons. The van der Waals surface area contributed by atoms with Gasteiger partial charge in [0.1, 0.15) is 5.82 Å². The third-order valence-corrected chi connectivity index (χ3v) is 4.48. The molecule has 29 heavy (non-hydrogen) atoms. The van der Waals surface area contributed by atoms with Gasteiger partial charge in [0.25, 0.3) is 0 Å². The first-order valence-electron chi connectivity index (χ1n) is 9.18. The fourth-order valence-corrected chi connectivity index (χ4v) is 3.15. The van der Waals surface area contributed by atoms with Crippen molar-refractivity contribution >= 4 is 29.9 Å². The Morgan fingerprint density at radius 2 is 1.76 bits per heavy atom. The van der Waals surface area contributed by atoms with Crippen LogP contribution in [0.2, 0.25) is 0 Å². The van der Waals surface area contributed by atoms with Crippen LogP contribution in [0.3, 0.4) is 0 Å². The van der Waals surface area contributed by atoms with Crippen LogP contribution in [0, 0.1) is 5.82 Å². The van der Waals surface area contributed by atoms with Crippen LogP contribution in [0.4, 0.5) is 4.39 Å². The average Bonchev–Trinajstić information content (AvgIpc) is 3.12. The molecule has 1 N–H and O–H groups in total. The first-order valence-corrected chi connectivity index (χ1v) is 9.18. The summed E-state index contributed by atoms with van der Waals surface area (Å²) in [6.07, 6.45) is 0. The number of rotatable bonds is 6. The van der Waals surface area contributed by atoms with Gasteiger partial charge in [-0.05, 0) is 49.5 Å². The van der Waals surface area contributed by atoms with Gasteiger partial charge in [-0.15, -0.1) is 24.0 Å². The van der Waals surface area contributed by atoms with Gasteiger partial charge in [0, 0.05) is 39.3 Å². The Kier molecular flexibility index (Phi) is 8.51. The Morgan fingerprint density at radius 3 is 2.48 bits per heavy atom. The maximum absolute atomic E-state index is 14.0. The Hall–Kier alpha value is -2.07. The minimum absolute atomic E-state index is 0. The van der Waals surface area contributed by atoms with E-state index in [0.717, 1.165) is 28.6 Å². The lowest BCUT2D eigenvalue weighted by molar-refractivity contribution is 0.174. The lowest BCUT2D eigenvalue weighted by Crippen LogP contribution is -2.38. The van der Waals surface area contributed by atoms with Crippen LogP contribution in [0.5, 0.6) is 11.5 Å². The molecule has 0 unspecified atom stereocenters. The fourth-order valence-electron chi connectivity index (χ4n) is 3.15. The van der Waals surface area contributed by atoms with Crippen LogP contribution in [0.25, 0.3) is 0 Å². The normalized spacial score (nSPS) is 12.7. The molecule has 0 spiro atoms. The fraction of sp³-hybridized carbons (Fsp3) is 0.381. The molecule has 6 nitrogen and oxygen atoms in total. The Labute approximate surface area is 188 Å². The van der Waals surface area contributed by atoms with Crippen molar-refractivity contribution < 1.29 is 13.9 Å². The summed E-state index contributed by atoms with van der Waals surface area (Å²) in [5.41, 5.74) is 2.80. The second kappa shape index (κ2) is 10.6. The summed E-state index contributed by atoms with van der Waals surface area (Å²) in [6.45, 7) is 2.08. The number of fused-ring (bicyclic) bond motifs is 1. The number of nitrogens with zero attached hydrogens (tertiary/aromatic N) is 3. The number of ether oxygens (including phenoxy) is 2. The van der Waals surface area contributed by atoms with Crippen molar-refractivity contribution in [2.75, 3.05) is 35.0 Å². The summed E-state index contributed by atoms with van der Waals surface area (Å²) >= 11 is 0. The van der Waals surface area contributed by atoms with Crippen molar-refractivity contribution in [1.29, 1.82) is 0 Å². The van der Waals surface area contributed by atoms with E-state index in [4.69, 9.17) is 9.47 Å². The number of guanidine groups is 1.